The van der Waals surface area contributed by atoms with E-state index in [9.17, 15) is 9.59 Å². The fourth-order valence-corrected chi connectivity index (χ4v) is 4.29. The van der Waals surface area contributed by atoms with E-state index < -0.39 is 6.04 Å². The molecule has 142 valence electrons. The van der Waals surface area contributed by atoms with Gasteiger partial charge in [0, 0.05) is 13.1 Å². The average molecular weight is 374 g/mol. The Labute approximate surface area is 163 Å². The van der Waals surface area contributed by atoms with Crippen molar-refractivity contribution in [2.75, 3.05) is 16.3 Å². The molecule has 1 atom stereocenters. The first-order valence-corrected chi connectivity index (χ1v) is 9.70. The van der Waals surface area contributed by atoms with Crippen LogP contribution in [0.1, 0.15) is 24.0 Å². The molecule has 6 heteroatoms. The lowest BCUT2D eigenvalue weighted by Gasteiger charge is -2.32. The maximum Gasteiger partial charge on any atom is 0.257 e. The van der Waals surface area contributed by atoms with Crippen molar-refractivity contribution in [2.45, 2.75) is 39.3 Å². The number of fused-ring (bicyclic) bond motifs is 3. The summed E-state index contributed by atoms with van der Waals surface area (Å²) in [5, 5.41) is 0. The lowest BCUT2D eigenvalue weighted by atomic mass is 10.1. The summed E-state index contributed by atoms with van der Waals surface area (Å²) in [6.07, 6.45) is 1.12. The Morgan fingerprint density at radius 1 is 1.00 bits per heavy atom. The standard InChI is InChI=1S/C22H22N4O2/c1-14-8-9-16(12-15(14)2)26-20(27)13-19(21(26)28)25-11-5-10-24-18-7-4-3-6-17(18)23-22(24)25/h3-4,6-9,12,19H,5,10-11,13H2,1-2H3. The van der Waals surface area contributed by atoms with Gasteiger partial charge in [-0.25, -0.2) is 9.88 Å². The molecule has 6 nitrogen and oxygen atoms in total. The van der Waals surface area contributed by atoms with Gasteiger partial charge in [0.15, 0.2) is 0 Å². The number of aromatic nitrogens is 2. The maximum atomic E-state index is 13.3. The first kappa shape index (κ1) is 17.0. The molecule has 0 saturated carbocycles. The molecule has 1 fully saturated rings. The van der Waals surface area contributed by atoms with Crippen LogP contribution in [0.4, 0.5) is 11.6 Å². The van der Waals surface area contributed by atoms with E-state index >= 15 is 0 Å². The summed E-state index contributed by atoms with van der Waals surface area (Å²) < 4.78 is 2.16. The number of rotatable bonds is 2. The van der Waals surface area contributed by atoms with E-state index in [2.05, 4.69) is 10.6 Å². The van der Waals surface area contributed by atoms with Crippen LogP contribution in [-0.2, 0) is 16.1 Å². The number of nitrogens with zero attached hydrogens (tertiary/aromatic N) is 4. The molecular weight excluding hydrogens is 352 g/mol. The average Bonchev–Trinajstić information content (AvgIpc) is 3.21. The van der Waals surface area contributed by atoms with Crippen molar-refractivity contribution in [3.8, 4) is 0 Å². The smallest absolute Gasteiger partial charge is 0.257 e. The molecule has 2 amide bonds. The van der Waals surface area contributed by atoms with Gasteiger partial charge in [-0.1, -0.05) is 18.2 Å². The summed E-state index contributed by atoms with van der Waals surface area (Å²) in [4.78, 5) is 34.2. The van der Waals surface area contributed by atoms with Crippen molar-refractivity contribution < 1.29 is 9.59 Å². The number of hydrogen-bond acceptors (Lipinski definition) is 4. The van der Waals surface area contributed by atoms with Crippen LogP contribution in [0.3, 0.4) is 0 Å². The van der Waals surface area contributed by atoms with Gasteiger partial charge in [-0.2, -0.15) is 0 Å². The molecule has 3 aromatic rings. The molecule has 2 aliphatic heterocycles. The van der Waals surface area contributed by atoms with Crippen molar-refractivity contribution in [3.63, 3.8) is 0 Å². The summed E-state index contributed by atoms with van der Waals surface area (Å²) in [6, 6.07) is 13.2. The largest absolute Gasteiger partial charge is 0.330 e. The number of anilines is 2. The predicted molar refractivity (Wildman–Crippen MR) is 109 cm³/mol. The van der Waals surface area contributed by atoms with Crippen molar-refractivity contribution in [1.29, 1.82) is 0 Å². The molecule has 0 N–H and O–H groups in total. The highest BCUT2D eigenvalue weighted by Gasteiger charge is 2.44. The lowest BCUT2D eigenvalue weighted by Crippen LogP contribution is -2.46. The van der Waals surface area contributed by atoms with Gasteiger partial charge in [0.05, 0.1) is 23.1 Å². The van der Waals surface area contributed by atoms with Crippen molar-refractivity contribution >= 4 is 34.5 Å². The highest BCUT2D eigenvalue weighted by Crippen LogP contribution is 2.33. The molecule has 5 rings (SSSR count). The van der Waals surface area contributed by atoms with Gasteiger partial charge in [-0.3, -0.25) is 9.59 Å². The first-order chi connectivity index (χ1) is 13.5. The van der Waals surface area contributed by atoms with E-state index in [1.807, 2.05) is 55.1 Å². The molecule has 0 spiro atoms. The predicted octanol–water partition coefficient (Wildman–Crippen LogP) is 3.20. The van der Waals surface area contributed by atoms with Gasteiger partial charge in [0.2, 0.25) is 11.9 Å². The SMILES string of the molecule is Cc1ccc(N2C(=O)CC(N3CCCn4c3nc3ccccc34)C2=O)cc1C. The summed E-state index contributed by atoms with van der Waals surface area (Å²) in [7, 11) is 0. The van der Waals surface area contributed by atoms with Crippen LogP contribution in [0, 0.1) is 13.8 Å². The van der Waals surface area contributed by atoms with Crippen LogP contribution >= 0.6 is 0 Å². The number of hydrogen-bond donors (Lipinski definition) is 0. The fraction of sp³-hybridized carbons (Fsp3) is 0.318. The molecule has 0 aliphatic carbocycles. The Hall–Kier alpha value is -3.15. The lowest BCUT2D eigenvalue weighted by molar-refractivity contribution is -0.121. The third kappa shape index (κ3) is 2.44. The quantitative estimate of drug-likeness (QED) is 0.647. The molecule has 1 aromatic heterocycles. The summed E-state index contributed by atoms with van der Waals surface area (Å²) in [5.41, 5.74) is 4.87. The van der Waals surface area contributed by atoms with Crippen LogP contribution in [0.25, 0.3) is 11.0 Å². The second-order valence-electron chi connectivity index (χ2n) is 7.65. The highest BCUT2D eigenvalue weighted by molar-refractivity contribution is 6.23. The van der Waals surface area contributed by atoms with Crippen molar-refractivity contribution in [1.82, 2.24) is 9.55 Å². The van der Waals surface area contributed by atoms with E-state index in [1.54, 1.807) is 0 Å². The number of carbonyl (C=O) groups excluding carboxylic acids is 2. The normalized spacial score (nSPS) is 19.6. The molecule has 0 radical (unpaired) electrons. The molecule has 0 bridgehead atoms. The minimum atomic E-state index is -0.495. The molecule has 3 heterocycles. The minimum absolute atomic E-state index is 0.147. The number of imide groups is 1. The minimum Gasteiger partial charge on any atom is -0.330 e. The Bertz CT molecular complexity index is 1120. The third-order valence-electron chi connectivity index (χ3n) is 5.92. The zero-order valence-electron chi connectivity index (χ0n) is 16.1. The van der Waals surface area contributed by atoms with Crippen molar-refractivity contribution in [3.05, 3.63) is 53.6 Å². The summed E-state index contributed by atoms with van der Waals surface area (Å²) in [6.45, 7) is 5.62. The molecule has 28 heavy (non-hydrogen) atoms. The van der Waals surface area contributed by atoms with E-state index in [4.69, 9.17) is 4.98 Å². The van der Waals surface area contributed by atoms with Gasteiger partial charge >= 0.3 is 0 Å². The molecule has 1 unspecified atom stereocenters. The number of para-hydroxylation sites is 2. The Kier molecular flexibility index (Phi) is 3.75. The third-order valence-corrected chi connectivity index (χ3v) is 5.92. The monoisotopic (exact) mass is 374 g/mol. The number of aryl methyl sites for hydroxylation is 3. The van der Waals surface area contributed by atoms with Crippen LogP contribution in [-0.4, -0.2) is 34.0 Å². The topological polar surface area (TPSA) is 58.4 Å². The van der Waals surface area contributed by atoms with Crippen LogP contribution < -0.4 is 9.80 Å². The van der Waals surface area contributed by atoms with E-state index in [0.29, 0.717) is 5.69 Å². The van der Waals surface area contributed by atoms with Gasteiger partial charge in [-0.05, 0) is 55.7 Å². The molecule has 1 saturated heterocycles. The molecule has 2 aliphatic rings. The highest BCUT2D eigenvalue weighted by atomic mass is 16.2. The fourth-order valence-electron chi connectivity index (χ4n) is 4.29. The van der Waals surface area contributed by atoms with Crippen LogP contribution in [0.5, 0.6) is 0 Å². The van der Waals surface area contributed by atoms with Gasteiger partial charge < -0.3 is 9.47 Å². The van der Waals surface area contributed by atoms with E-state index in [-0.39, 0.29) is 18.2 Å². The molecule has 2 aromatic carbocycles. The summed E-state index contributed by atoms with van der Waals surface area (Å²) in [5.74, 6) is 0.487. The first-order valence-electron chi connectivity index (χ1n) is 9.70. The Morgan fingerprint density at radius 2 is 1.82 bits per heavy atom. The summed E-state index contributed by atoms with van der Waals surface area (Å²) >= 11 is 0. The van der Waals surface area contributed by atoms with Gasteiger partial charge in [0.1, 0.15) is 6.04 Å². The van der Waals surface area contributed by atoms with E-state index in [1.165, 1.54) is 4.90 Å². The Balaban J connectivity index is 1.52. The number of carbonyl (C=O) groups is 2. The Morgan fingerprint density at radius 3 is 2.64 bits per heavy atom. The number of imidazole rings is 1. The van der Waals surface area contributed by atoms with E-state index in [0.717, 1.165) is 47.6 Å². The second-order valence-corrected chi connectivity index (χ2v) is 7.65. The maximum absolute atomic E-state index is 13.3. The van der Waals surface area contributed by atoms with Crippen LogP contribution in [0.15, 0.2) is 42.5 Å². The zero-order chi connectivity index (χ0) is 19.4. The van der Waals surface area contributed by atoms with Crippen molar-refractivity contribution in [2.24, 2.45) is 0 Å². The number of benzene rings is 2. The molecular formula is C22H22N4O2. The zero-order valence-corrected chi connectivity index (χ0v) is 16.1. The van der Waals surface area contributed by atoms with Crippen LogP contribution in [0.2, 0.25) is 0 Å². The van der Waals surface area contributed by atoms with Gasteiger partial charge in [-0.15, -0.1) is 0 Å². The number of amides is 2. The van der Waals surface area contributed by atoms with Gasteiger partial charge in [0.25, 0.3) is 5.91 Å². The second kappa shape index (κ2) is 6.19.